The van der Waals surface area contributed by atoms with Crippen molar-refractivity contribution in [2.75, 3.05) is 0 Å². The van der Waals surface area contributed by atoms with Crippen molar-refractivity contribution in [1.82, 2.24) is 0 Å². The Labute approximate surface area is 166 Å². The quantitative estimate of drug-likeness (QED) is 0.217. The van der Waals surface area contributed by atoms with Crippen molar-refractivity contribution in [2.24, 2.45) is 5.92 Å². The number of aliphatic carboxylic acids is 2. The molecule has 0 N–H and O–H groups in total. The Morgan fingerprint density at radius 3 is 2.05 bits per heavy atom. The van der Waals surface area contributed by atoms with E-state index in [0.29, 0.717) is 0 Å². The fourth-order valence-corrected chi connectivity index (χ4v) is 1.71. The van der Waals surface area contributed by atoms with Gasteiger partial charge in [-0.25, -0.2) is 0 Å². The van der Waals surface area contributed by atoms with Gasteiger partial charge in [-0.15, -0.1) is 0 Å². The predicted molar refractivity (Wildman–Crippen MR) is 65.3 cm³/mol. The molecule has 1 unspecified atom stereocenters. The maximum atomic E-state index is 10.6. The fraction of sp³-hybridized carbons (Fsp3) is 0.714. The van der Waals surface area contributed by atoms with Crippen LogP contribution in [0.5, 0.6) is 0 Å². The standard InChI is InChI=1S/C14H24O4.2Na/c1-2-3-4-5-6-7-8-9-10-12(14(17)18)11-13(15)16;;/h9-10,12H,2-8,11H2,1H3,(H,15,16)(H,17,18);;/q;2*+1/p-2/b10-9+;;. The van der Waals surface area contributed by atoms with Crippen molar-refractivity contribution in [2.45, 2.75) is 58.3 Å². The summed E-state index contributed by atoms with van der Waals surface area (Å²) in [6.45, 7) is 2.17. The summed E-state index contributed by atoms with van der Waals surface area (Å²) in [6, 6.07) is 0. The number of allylic oxidation sites excluding steroid dienone is 1. The van der Waals surface area contributed by atoms with Crippen molar-refractivity contribution >= 4 is 11.9 Å². The number of carbonyl (C=O) groups is 2. The predicted octanol–water partition coefficient (Wildman–Crippen LogP) is -5.19. The van der Waals surface area contributed by atoms with E-state index in [2.05, 4.69) is 6.92 Å². The number of carboxylic acid groups (broad SMARTS) is 2. The van der Waals surface area contributed by atoms with Crippen LogP contribution in [0, 0.1) is 5.92 Å². The number of carbonyl (C=O) groups excluding carboxylic acids is 2. The minimum absolute atomic E-state index is 0. The largest absolute Gasteiger partial charge is 1.00 e. The molecule has 0 spiro atoms. The summed E-state index contributed by atoms with van der Waals surface area (Å²) < 4.78 is 0. The molecule has 0 saturated carbocycles. The Balaban J connectivity index is -0.00000144. The summed E-state index contributed by atoms with van der Waals surface area (Å²) in [4.78, 5) is 20.9. The molecule has 0 heterocycles. The van der Waals surface area contributed by atoms with Crippen LogP contribution >= 0.6 is 0 Å². The number of hydrogen-bond donors (Lipinski definition) is 0. The van der Waals surface area contributed by atoms with E-state index in [9.17, 15) is 19.8 Å². The second-order valence-electron chi connectivity index (χ2n) is 4.49. The SMILES string of the molecule is CCCCCCCC/C=C/C(CC(=O)[O-])C(=O)[O-].[Na+].[Na+]. The van der Waals surface area contributed by atoms with E-state index >= 15 is 0 Å². The molecule has 0 radical (unpaired) electrons. The van der Waals surface area contributed by atoms with Gasteiger partial charge in [0.2, 0.25) is 0 Å². The molecule has 104 valence electrons. The van der Waals surface area contributed by atoms with Crippen molar-refractivity contribution in [3.8, 4) is 0 Å². The third-order valence-corrected chi connectivity index (χ3v) is 2.78. The average Bonchev–Trinajstić information content (AvgIpc) is 2.30. The molecule has 0 aromatic rings. The van der Waals surface area contributed by atoms with E-state index in [-0.39, 0.29) is 59.1 Å². The minimum atomic E-state index is -1.37. The summed E-state index contributed by atoms with van der Waals surface area (Å²) in [6.07, 6.45) is 10.4. The molecule has 0 aromatic heterocycles. The van der Waals surface area contributed by atoms with Crippen LogP contribution in [0.4, 0.5) is 0 Å². The normalized spacial score (nSPS) is 11.4. The van der Waals surface area contributed by atoms with E-state index in [4.69, 9.17) is 0 Å². The molecule has 0 aliphatic carbocycles. The number of hydrogen-bond acceptors (Lipinski definition) is 4. The maximum Gasteiger partial charge on any atom is 1.00 e. The van der Waals surface area contributed by atoms with Gasteiger partial charge in [0.15, 0.2) is 0 Å². The van der Waals surface area contributed by atoms with Crippen molar-refractivity contribution < 1.29 is 78.9 Å². The molecule has 6 heteroatoms. The molecule has 0 amide bonds. The van der Waals surface area contributed by atoms with Crippen LogP contribution in [-0.4, -0.2) is 11.9 Å². The monoisotopic (exact) mass is 300 g/mol. The molecule has 0 bridgehead atoms. The topological polar surface area (TPSA) is 80.3 Å². The zero-order valence-electron chi connectivity index (χ0n) is 13.0. The second-order valence-corrected chi connectivity index (χ2v) is 4.49. The van der Waals surface area contributed by atoms with Gasteiger partial charge in [-0.05, 0) is 19.3 Å². The molecule has 0 aromatic carbocycles. The summed E-state index contributed by atoms with van der Waals surface area (Å²) in [5, 5.41) is 20.9. The Kier molecular flexibility index (Phi) is 22.7. The third kappa shape index (κ3) is 16.7. The van der Waals surface area contributed by atoms with Gasteiger partial charge in [0.05, 0.1) is 0 Å². The van der Waals surface area contributed by atoms with Crippen LogP contribution < -0.4 is 69.3 Å². The number of rotatable bonds is 11. The molecule has 4 nitrogen and oxygen atoms in total. The van der Waals surface area contributed by atoms with Crippen molar-refractivity contribution in [3.63, 3.8) is 0 Å². The molecule has 20 heavy (non-hydrogen) atoms. The van der Waals surface area contributed by atoms with Gasteiger partial charge in [0, 0.05) is 17.9 Å². The fourth-order valence-electron chi connectivity index (χ4n) is 1.71. The van der Waals surface area contributed by atoms with Crippen LogP contribution in [0.1, 0.15) is 58.3 Å². The molecule has 0 fully saturated rings. The average molecular weight is 300 g/mol. The molecule has 0 saturated heterocycles. The van der Waals surface area contributed by atoms with Gasteiger partial charge >= 0.3 is 59.1 Å². The maximum absolute atomic E-state index is 10.6. The molecule has 1 atom stereocenters. The Bertz CT molecular complexity index is 280. The van der Waals surface area contributed by atoms with Crippen molar-refractivity contribution in [1.29, 1.82) is 0 Å². The molecule has 0 aliphatic heterocycles. The molecule has 0 aliphatic rings. The van der Waals surface area contributed by atoms with E-state index < -0.39 is 24.3 Å². The van der Waals surface area contributed by atoms with Gasteiger partial charge in [-0.1, -0.05) is 51.2 Å². The number of carboxylic acids is 2. The van der Waals surface area contributed by atoms with Gasteiger partial charge in [0.1, 0.15) is 0 Å². The zero-order valence-corrected chi connectivity index (χ0v) is 17.0. The van der Waals surface area contributed by atoms with Gasteiger partial charge in [-0.2, -0.15) is 0 Å². The summed E-state index contributed by atoms with van der Waals surface area (Å²) in [7, 11) is 0. The Morgan fingerprint density at radius 1 is 1.00 bits per heavy atom. The first kappa shape index (κ1) is 25.6. The first-order chi connectivity index (χ1) is 8.57. The molecular weight excluding hydrogens is 278 g/mol. The number of unbranched alkanes of at least 4 members (excludes halogenated alkanes) is 6. The van der Waals surface area contributed by atoms with E-state index in [1.54, 1.807) is 6.08 Å². The third-order valence-electron chi connectivity index (χ3n) is 2.78. The van der Waals surface area contributed by atoms with Crippen LogP contribution in [-0.2, 0) is 9.59 Å². The first-order valence-corrected chi connectivity index (χ1v) is 6.65. The Morgan fingerprint density at radius 2 is 1.55 bits per heavy atom. The van der Waals surface area contributed by atoms with Gasteiger partial charge < -0.3 is 19.8 Å². The van der Waals surface area contributed by atoms with Gasteiger partial charge in [0.25, 0.3) is 0 Å². The van der Waals surface area contributed by atoms with E-state index in [1.807, 2.05) is 0 Å². The minimum Gasteiger partial charge on any atom is -0.550 e. The molecular formula is C14H22Na2O4. The van der Waals surface area contributed by atoms with Gasteiger partial charge in [-0.3, -0.25) is 0 Å². The van der Waals surface area contributed by atoms with Crippen LogP contribution in [0.15, 0.2) is 12.2 Å². The zero-order chi connectivity index (χ0) is 13.8. The first-order valence-electron chi connectivity index (χ1n) is 6.65. The smallest absolute Gasteiger partial charge is 0.550 e. The van der Waals surface area contributed by atoms with E-state index in [1.165, 1.54) is 31.8 Å². The summed E-state index contributed by atoms with van der Waals surface area (Å²) >= 11 is 0. The molecule has 0 rings (SSSR count). The van der Waals surface area contributed by atoms with Crippen molar-refractivity contribution in [3.05, 3.63) is 12.2 Å². The van der Waals surface area contributed by atoms with Crippen LogP contribution in [0.2, 0.25) is 0 Å². The summed E-state index contributed by atoms with van der Waals surface area (Å²) in [5.74, 6) is -3.80. The summed E-state index contributed by atoms with van der Waals surface area (Å²) in [5.41, 5.74) is 0. The van der Waals surface area contributed by atoms with E-state index in [0.717, 1.165) is 19.3 Å². The van der Waals surface area contributed by atoms with Crippen LogP contribution in [0.3, 0.4) is 0 Å². The van der Waals surface area contributed by atoms with Crippen LogP contribution in [0.25, 0.3) is 0 Å². The second kappa shape index (κ2) is 17.7. The Hall–Kier alpha value is 0.680.